The molecule has 106 valence electrons. The second-order valence-electron chi connectivity index (χ2n) is 4.87. The van der Waals surface area contributed by atoms with Crippen molar-refractivity contribution in [3.8, 4) is 0 Å². The molecule has 0 saturated heterocycles. The molecule has 1 aromatic carbocycles. The number of aliphatic hydroxyl groups excluding tert-OH is 1. The third kappa shape index (κ3) is 4.79. The molecule has 0 radical (unpaired) electrons. The van der Waals surface area contributed by atoms with E-state index in [1.165, 1.54) is 7.11 Å². The van der Waals surface area contributed by atoms with Gasteiger partial charge in [0.2, 0.25) is 0 Å². The molecule has 0 aromatic heterocycles. The summed E-state index contributed by atoms with van der Waals surface area (Å²) >= 11 is 0. The van der Waals surface area contributed by atoms with Crippen molar-refractivity contribution in [2.45, 2.75) is 20.3 Å². The second-order valence-corrected chi connectivity index (χ2v) is 4.87. The fourth-order valence-corrected chi connectivity index (χ4v) is 1.45. The number of methoxy groups -OCH3 is 1. The largest absolute Gasteiger partial charge is 0.453 e. The molecule has 0 spiro atoms. The Balaban J connectivity index is 2.55. The molecular formula is C14H22N2O3. The van der Waals surface area contributed by atoms with E-state index in [4.69, 9.17) is 0 Å². The van der Waals surface area contributed by atoms with Crippen LogP contribution in [0.15, 0.2) is 24.3 Å². The Hall–Kier alpha value is -1.75. The van der Waals surface area contributed by atoms with E-state index in [9.17, 15) is 9.90 Å². The molecule has 3 N–H and O–H groups in total. The number of nitrogens with one attached hydrogen (secondary N) is 2. The Morgan fingerprint density at radius 1 is 1.32 bits per heavy atom. The summed E-state index contributed by atoms with van der Waals surface area (Å²) in [6.45, 7) is 4.94. The fourth-order valence-electron chi connectivity index (χ4n) is 1.45. The molecule has 0 saturated carbocycles. The van der Waals surface area contributed by atoms with E-state index in [2.05, 4.69) is 22.3 Å². The molecule has 0 aliphatic rings. The smallest absolute Gasteiger partial charge is 0.411 e. The van der Waals surface area contributed by atoms with Crippen molar-refractivity contribution in [2.75, 3.05) is 30.9 Å². The molecule has 0 fully saturated rings. The van der Waals surface area contributed by atoms with Crippen LogP contribution in [0.3, 0.4) is 0 Å². The monoisotopic (exact) mass is 266 g/mol. The van der Waals surface area contributed by atoms with Crippen LogP contribution in [0.5, 0.6) is 0 Å². The lowest BCUT2D eigenvalue weighted by molar-refractivity contribution is 0.149. The van der Waals surface area contributed by atoms with E-state index in [1.54, 1.807) is 12.1 Å². The number of benzene rings is 1. The average molecular weight is 266 g/mol. The van der Waals surface area contributed by atoms with Crippen LogP contribution >= 0.6 is 0 Å². The third-order valence-corrected chi connectivity index (χ3v) is 3.27. The Labute approximate surface area is 114 Å². The summed E-state index contributed by atoms with van der Waals surface area (Å²) in [4.78, 5) is 11.0. The quantitative estimate of drug-likeness (QED) is 0.740. The predicted molar refractivity (Wildman–Crippen MR) is 76.4 cm³/mol. The van der Waals surface area contributed by atoms with Crippen LogP contribution in [-0.4, -0.2) is 31.5 Å². The fraction of sp³-hybridized carbons (Fsp3) is 0.500. The van der Waals surface area contributed by atoms with Gasteiger partial charge in [0.1, 0.15) is 0 Å². The molecule has 1 aromatic rings. The van der Waals surface area contributed by atoms with Crippen LogP contribution in [0.1, 0.15) is 20.3 Å². The number of carbonyl (C=O) groups excluding carboxylic acids is 1. The van der Waals surface area contributed by atoms with Gasteiger partial charge in [0, 0.05) is 23.3 Å². The van der Waals surface area contributed by atoms with Gasteiger partial charge >= 0.3 is 6.09 Å². The zero-order chi connectivity index (χ0) is 14.3. The highest BCUT2D eigenvalue weighted by molar-refractivity contribution is 5.84. The predicted octanol–water partition coefficient (Wildman–Crippen LogP) is 2.69. The van der Waals surface area contributed by atoms with Crippen LogP contribution in [0.25, 0.3) is 0 Å². The first kappa shape index (κ1) is 15.3. The molecule has 19 heavy (non-hydrogen) atoms. The molecule has 0 bridgehead atoms. The molecule has 1 rings (SSSR count). The molecule has 1 unspecified atom stereocenters. The van der Waals surface area contributed by atoms with E-state index in [1.807, 2.05) is 19.1 Å². The minimum absolute atomic E-state index is 0.122. The maximum Gasteiger partial charge on any atom is 0.411 e. The van der Waals surface area contributed by atoms with Gasteiger partial charge in [0.15, 0.2) is 0 Å². The second kappa shape index (κ2) is 6.99. The lowest BCUT2D eigenvalue weighted by Crippen LogP contribution is -2.29. The van der Waals surface area contributed by atoms with E-state index < -0.39 is 6.09 Å². The number of amides is 1. The van der Waals surface area contributed by atoms with Crippen molar-refractivity contribution in [1.82, 2.24) is 0 Å². The van der Waals surface area contributed by atoms with Gasteiger partial charge < -0.3 is 15.2 Å². The van der Waals surface area contributed by atoms with Crippen molar-refractivity contribution in [3.05, 3.63) is 24.3 Å². The topological polar surface area (TPSA) is 70.6 Å². The molecule has 0 aliphatic carbocycles. The molecule has 1 amide bonds. The minimum Gasteiger partial charge on any atom is -0.453 e. The van der Waals surface area contributed by atoms with Crippen LogP contribution in [0.4, 0.5) is 16.2 Å². The molecule has 0 aliphatic heterocycles. The summed E-state index contributed by atoms with van der Waals surface area (Å²) in [6.07, 6.45) is 0.415. The molecule has 0 heterocycles. The number of anilines is 2. The lowest BCUT2D eigenvalue weighted by Gasteiger charge is -2.26. The molecular weight excluding hydrogens is 244 g/mol. The Morgan fingerprint density at radius 3 is 2.37 bits per heavy atom. The highest BCUT2D eigenvalue weighted by Crippen LogP contribution is 2.21. The number of hydrogen-bond acceptors (Lipinski definition) is 4. The molecule has 5 nitrogen and oxygen atoms in total. The van der Waals surface area contributed by atoms with Gasteiger partial charge in [-0.25, -0.2) is 4.79 Å². The first-order valence-electron chi connectivity index (χ1n) is 6.33. The summed E-state index contributed by atoms with van der Waals surface area (Å²) in [7, 11) is 1.33. The average Bonchev–Trinajstić information content (AvgIpc) is 2.46. The van der Waals surface area contributed by atoms with E-state index in [0.717, 1.165) is 12.1 Å². The van der Waals surface area contributed by atoms with Gasteiger partial charge in [0.25, 0.3) is 0 Å². The Kier molecular flexibility index (Phi) is 5.63. The van der Waals surface area contributed by atoms with Crippen molar-refractivity contribution in [1.29, 1.82) is 0 Å². The molecule has 5 heteroatoms. The van der Waals surface area contributed by atoms with Gasteiger partial charge in [-0.3, -0.25) is 5.32 Å². The zero-order valence-electron chi connectivity index (χ0n) is 11.7. The maximum atomic E-state index is 11.0. The minimum atomic E-state index is -0.487. The van der Waals surface area contributed by atoms with E-state index in [-0.39, 0.29) is 12.0 Å². The first-order valence-corrected chi connectivity index (χ1v) is 6.33. The zero-order valence-corrected chi connectivity index (χ0v) is 11.7. The summed E-state index contributed by atoms with van der Waals surface area (Å²) in [5.41, 5.74) is 1.50. The van der Waals surface area contributed by atoms with Gasteiger partial charge in [-0.05, 0) is 30.7 Å². The van der Waals surface area contributed by atoms with Crippen LogP contribution in [0, 0.1) is 5.41 Å². The van der Waals surface area contributed by atoms with Gasteiger partial charge in [-0.15, -0.1) is 0 Å². The number of aliphatic hydroxyl groups is 1. The van der Waals surface area contributed by atoms with Crippen molar-refractivity contribution in [2.24, 2.45) is 5.41 Å². The third-order valence-electron chi connectivity index (χ3n) is 3.27. The Bertz CT molecular complexity index is 400. The first-order chi connectivity index (χ1) is 9.03. The summed E-state index contributed by atoms with van der Waals surface area (Å²) < 4.78 is 4.51. The highest BCUT2D eigenvalue weighted by atomic mass is 16.5. The van der Waals surface area contributed by atoms with Crippen LogP contribution in [-0.2, 0) is 4.74 Å². The van der Waals surface area contributed by atoms with Crippen molar-refractivity contribution in [3.63, 3.8) is 0 Å². The van der Waals surface area contributed by atoms with Gasteiger partial charge in [0.05, 0.1) is 13.7 Å². The molecule has 1 atom stereocenters. The lowest BCUT2D eigenvalue weighted by atomic mass is 9.88. The van der Waals surface area contributed by atoms with Gasteiger partial charge in [-0.1, -0.05) is 13.8 Å². The summed E-state index contributed by atoms with van der Waals surface area (Å²) in [5, 5.41) is 15.2. The van der Waals surface area contributed by atoms with Crippen LogP contribution in [0.2, 0.25) is 0 Å². The maximum absolute atomic E-state index is 11.0. The van der Waals surface area contributed by atoms with E-state index in [0.29, 0.717) is 12.2 Å². The number of ether oxygens (including phenoxy) is 1. The number of carbonyl (C=O) groups is 1. The van der Waals surface area contributed by atoms with Crippen LogP contribution < -0.4 is 10.6 Å². The number of rotatable bonds is 6. The summed E-state index contributed by atoms with van der Waals surface area (Å²) in [6, 6.07) is 7.33. The normalized spacial score (nSPS) is 13.5. The number of hydrogen-bond donors (Lipinski definition) is 3. The van der Waals surface area contributed by atoms with E-state index >= 15 is 0 Å². The Morgan fingerprint density at radius 2 is 1.89 bits per heavy atom. The SMILES string of the molecule is CCC(C)(CO)CNc1ccc(NC(=O)OC)cc1. The summed E-state index contributed by atoms with van der Waals surface area (Å²) in [5.74, 6) is 0. The highest BCUT2D eigenvalue weighted by Gasteiger charge is 2.20. The standard InChI is InChI=1S/C14H22N2O3/c1-4-14(2,10-17)9-15-11-5-7-12(8-6-11)16-13(18)19-3/h5-8,15,17H,4,9-10H2,1-3H3,(H,16,18). The van der Waals surface area contributed by atoms with Gasteiger partial charge in [-0.2, -0.15) is 0 Å². The van der Waals surface area contributed by atoms with Crippen molar-refractivity contribution >= 4 is 17.5 Å². The van der Waals surface area contributed by atoms with Crippen molar-refractivity contribution < 1.29 is 14.6 Å².